The molecule has 0 aliphatic carbocycles. The van der Waals surface area contributed by atoms with Crippen LogP contribution in [-0.4, -0.2) is 25.4 Å². The molecule has 0 fully saturated rings. The van der Waals surface area contributed by atoms with Crippen LogP contribution in [-0.2, 0) is 0 Å². The summed E-state index contributed by atoms with van der Waals surface area (Å²) in [5.74, 6) is 1.09. The monoisotopic (exact) mass is 302 g/mol. The normalized spacial score (nSPS) is 9.95. The van der Waals surface area contributed by atoms with Gasteiger partial charge in [-0.3, -0.25) is 0 Å². The Kier molecular flexibility index (Phi) is 4.73. The lowest BCUT2D eigenvalue weighted by molar-refractivity contribution is 0.262. The first kappa shape index (κ1) is 15.5. The number of urea groups is 1. The second-order valence-electron chi connectivity index (χ2n) is 4.67. The number of phenols is 1. The molecule has 2 rings (SSSR count). The quantitative estimate of drug-likeness (QED) is 0.757. The van der Waals surface area contributed by atoms with Gasteiger partial charge in [-0.15, -0.1) is 0 Å². The number of rotatable bonds is 4. The maximum Gasteiger partial charge on any atom is 0.323 e. The van der Waals surface area contributed by atoms with E-state index in [1.165, 1.54) is 20.3 Å². The highest BCUT2D eigenvalue weighted by Gasteiger charge is 2.09. The number of hydrogen-bond donors (Lipinski definition) is 3. The third-order valence-electron chi connectivity index (χ3n) is 3.04. The van der Waals surface area contributed by atoms with E-state index in [-0.39, 0.29) is 5.75 Å². The Bertz CT molecular complexity index is 686. The summed E-state index contributed by atoms with van der Waals surface area (Å²) in [6.07, 6.45) is 0. The smallest absolute Gasteiger partial charge is 0.323 e. The molecule has 2 amide bonds. The molecule has 0 atom stereocenters. The molecule has 0 saturated carbocycles. The number of anilines is 2. The summed E-state index contributed by atoms with van der Waals surface area (Å²) in [5, 5.41) is 15.0. The zero-order valence-electron chi connectivity index (χ0n) is 12.6. The van der Waals surface area contributed by atoms with Gasteiger partial charge in [0.1, 0.15) is 5.75 Å². The molecule has 0 heterocycles. The lowest BCUT2D eigenvalue weighted by Gasteiger charge is -2.12. The molecule has 0 saturated heterocycles. The van der Waals surface area contributed by atoms with Crippen LogP contribution < -0.4 is 20.1 Å². The molecule has 116 valence electrons. The lowest BCUT2D eigenvalue weighted by Crippen LogP contribution is -2.19. The van der Waals surface area contributed by atoms with Crippen LogP contribution in [0.15, 0.2) is 36.4 Å². The van der Waals surface area contributed by atoms with Gasteiger partial charge >= 0.3 is 6.03 Å². The van der Waals surface area contributed by atoms with E-state index in [1.54, 1.807) is 30.3 Å². The van der Waals surface area contributed by atoms with Gasteiger partial charge in [-0.25, -0.2) is 4.79 Å². The Hall–Kier alpha value is -2.89. The minimum Gasteiger partial charge on any atom is -0.506 e. The van der Waals surface area contributed by atoms with Crippen molar-refractivity contribution >= 4 is 17.4 Å². The van der Waals surface area contributed by atoms with Crippen molar-refractivity contribution in [3.8, 4) is 17.2 Å². The summed E-state index contributed by atoms with van der Waals surface area (Å²) in [4.78, 5) is 12.0. The number of nitrogens with one attached hydrogen (secondary N) is 2. The molecule has 6 heteroatoms. The lowest BCUT2D eigenvalue weighted by atomic mass is 10.2. The average Bonchev–Trinajstić information content (AvgIpc) is 2.50. The molecule has 0 aromatic heterocycles. The summed E-state index contributed by atoms with van der Waals surface area (Å²) < 4.78 is 10.3. The Morgan fingerprint density at radius 3 is 2.41 bits per heavy atom. The van der Waals surface area contributed by atoms with Crippen LogP contribution in [0.3, 0.4) is 0 Å². The van der Waals surface area contributed by atoms with Gasteiger partial charge in [0.15, 0.2) is 11.5 Å². The van der Waals surface area contributed by atoms with E-state index in [0.717, 1.165) is 5.56 Å². The summed E-state index contributed by atoms with van der Waals surface area (Å²) in [6.45, 7) is 1.87. The number of aromatic hydroxyl groups is 1. The number of methoxy groups -OCH3 is 2. The number of carbonyl (C=O) groups is 1. The van der Waals surface area contributed by atoms with E-state index in [2.05, 4.69) is 10.6 Å². The van der Waals surface area contributed by atoms with Crippen molar-refractivity contribution in [2.45, 2.75) is 6.92 Å². The minimum atomic E-state index is -0.465. The number of amides is 2. The van der Waals surface area contributed by atoms with E-state index in [9.17, 15) is 9.90 Å². The van der Waals surface area contributed by atoms with Gasteiger partial charge < -0.3 is 25.2 Å². The minimum absolute atomic E-state index is 0.00746. The number of ether oxygens (including phenoxy) is 2. The molecule has 2 aromatic rings. The predicted molar refractivity (Wildman–Crippen MR) is 85.0 cm³/mol. The number of carbonyl (C=O) groups excluding carboxylic acids is 1. The molecule has 3 N–H and O–H groups in total. The van der Waals surface area contributed by atoms with Gasteiger partial charge in [0.2, 0.25) is 0 Å². The van der Waals surface area contributed by atoms with Crippen LogP contribution in [0.4, 0.5) is 16.2 Å². The molecular formula is C16H18N2O4. The number of hydrogen-bond acceptors (Lipinski definition) is 4. The van der Waals surface area contributed by atoms with Crippen LogP contribution in [0.2, 0.25) is 0 Å². The van der Waals surface area contributed by atoms with E-state index in [4.69, 9.17) is 9.47 Å². The fourth-order valence-corrected chi connectivity index (χ4v) is 1.95. The van der Waals surface area contributed by atoms with E-state index in [1.807, 2.05) is 6.92 Å². The summed E-state index contributed by atoms with van der Waals surface area (Å²) in [5.41, 5.74) is 1.82. The van der Waals surface area contributed by atoms with Crippen LogP contribution in [0.25, 0.3) is 0 Å². The van der Waals surface area contributed by atoms with Gasteiger partial charge in [-0.1, -0.05) is 6.07 Å². The van der Waals surface area contributed by atoms with Crippen LogP contribution in [0, 0.1) is 6.92 Å². The summed E-state index contributed by atoms with van der Waals surface area (Å²) in [6, 6.07) is 9.54. The Morgan fingerprint density at radius 2 is 1.73 bits per heavy atom. The number of aryl methyl sites for hydroxylation is 1. The Labute approximate surface area is 128 Å². The molecule has 0 unspecified atom stereocenters. The van der Waals surface area contributed by atoms with Crippen molar-refractivity contribution in [2.24, 2.45) is 0 Å². The number of benzene rings is 2. The van der Waals surface area contributed by atoms with Gasteiger partial charge in [0.25, 0.3) is 0 Å². The maximum atomic E-state index is 12.0. The number of phenolic OH excluding ortho intramolecular Hbond substituents is 1. The van der Waals surface area contributed by atoms with Crippen LogP contribution in [0.1, 0.15) is 5.56 Å². The van der Waals surface area contributed by atoms with E-state index >= 15 is 0 Å². The third kappa shape index (κ3) is 3.60. The van der Waals surface area contributed by atoms with Gasteiger partial charge in [0.05, 0.1) is 19.9 Å². The molecule has 0 radical (unpaired) electrons. The van der Waals surface area contributed by atoms with E-state index in [0.29, 0.717) is 22.9 Å². The molecule has 0 bridgehead atoms. The zero-order chi connectivity index (χ0) is 16.1. The molecular weight excluding hydrogens is 284 g/mol. The largest absolute Gasteiger partial charge is 0.506 e. The summed E-state index contributed by atoms with van der Waals surface area (Å²) >= 11 is 0. The van der Waals surface area contributed by atoms with Crippen molar-refractivity contribution in [3.63, 3.8) is 0 Å². The summed E-state index contributed by atoms with van der Waals surface area (Å²) in [7, 11) is 3.06. The predicted octanol–water partition coefficient (Wildman–Crippen LogP) is 3.36. The molecule has 22 heavy (non-hydrogen) atoms. The highest BCUT2D eigenvalue weighted by molar-refractivity contribution is 6.00. The molecule has 2 aromatic carbocycles. The molecule has 0 spiro atoms. The second-order valence-corrected chi connectivity index (χ2v) is 4.67. The third-order valence-corrected chi connectivity index (χ3v) is 3.04. The van der Waals surface area contributed by atoms with Crippen molar-refractivity contribution in [1.29, 1.82) is 0 Å². The van der Waals surface area contributed by atoms with Gasteiger partial charge in [-0.2, -0.15) is 0 Å². The molecule has 0 aliphatic heterocycles. The first-order chi connectivity index (χ1) is 10.5. The van der Waals surface area contributed by atoms with E-state index < -0.39 is 6.03 Å². The van der Waals surface area contributed by atoms with Crippen molar-refractivity contribution in [1.82, 2.24) is 0 Å². The van der Waals surface area contributed by atoms with Crippen LogP contribution >= 0.6 is 0 Å². The highest BCUT2D eigenvalue weighted by atomic mass is 16.5. The molecule has 0 aliphatic rings. The van der Waals surface area contributed by atoms with Crippen molar-refractivity contribution in [3.05, 3.63) is 42.0 Å². The SMILES string of the molecule is COc1ccc(NC(=O)Nc2cc(C)ccc2O)cc1OC. The maximum absolute atomic E-state index is 12.0. The van der Waals surface area contributed by atoms with Gasteiger partial charge in [0, 0.05) is 11.8 Å². The second kappa shape index (κ2) is 6.71. The van der Waals surface area contributed by atoms with Gasteiger partial charge in [-0.05, 0) is 36.8 Å². The topological polar surface area (TPSA) is 79.8 Å². The van der Waals surface area contributed by atoms with Crippen LogP contribution in [0.5, 0.6) is 17.2 Å². The fraction of sp³-hybridized carbons (Fsp3) is 0.188. The average molecular weight is 302 g/mol. The van der Waals surface area contributed by atoms with Crippen molar-refractivity contribution in [2.75, 3.05) is 24.9 Å². The zero-order valence-corrected chi connectivity index (χ0v) is 12.6. The Balaban J connectivity index is 2.10. The standard InChI is InChI=1S/C16H18N2O4/c1-10-4-6-13(19)12(8-10)18-16(20)17-11-5-7-14(21-2)15(9-11)22-3/h4-9,19H,1-3H3,(H2,17,18,20). The Morgan fingerprint density at radius 1 is 1.00 bits per heavy atom. The van der Waals surface area contributed by atoms with Crippen molar-refractivity contribution < 1.29 is 19.4 Å². The highest BCUT2D eigenvalue weighted by Crippen LogP contribution is 2.30. The molecule has 6 nitrogen and oxygen atoms in total. The first-order valence-corrected chi connectivity index (χ1v) is 6.63. The fourth-order valence-electron chi connectivity index (χ4n) is 1.95. The first-order valence-electron chi connectivity index (χ1n) is 6.63.